The highest BCUT2D eigenvalue weighted by molar-refractivity contribution is 9.11. The van der Waals surface area contributed by atoms with Crippen molar-refractivity contribution in [3.8, 4) is 0 Å². The molecule has 0 radical (unpaired) electrons. The van der Waals surface area contributed by atoms with Gasteiger partial charge in [-0.1, -0.05) is 0 Å². The molecule has 4 N–H and O–H groups in total. The molecule has 7 nitrogen and oxygen atoms in total. The van der Waals surface area contributed by atoms with Crippen molar-refractivity contribution in [1.29, 1.82) is 0 Å². The fourth-order valence-electron chi connectivity index (χ4n) is 2.69. The molecule has 0 bridgehead atoms. The Morgan fingerprint density at radius 2 is 2.23 bits per heavy atom. The lowest BCUT2D eigenvalue weighted by Gasteiger charge is -2.20. The highest BCUT2D eigenvalue weighted by Crippen LogP contribution is 2.34. The molecule has 3 heterocycles. The normalized spacial score (nSPS) is 18.5. The third-order valence-corrected chi connectivity index (χ3v) is 5.18. The van der Waals surface area contributed by atoms with E-state index in [1.165, 1.54) is 0 Å². The van der Waals surface area contributed by atoms with Crippen molar-refractivity contribution in [2.45, 2.75) is 12.5 Å². The molecule has 2 aromatic heterocycles. The zero-order chi connectivity index (χ0) is 15.7. The Bertz CT molecular complexity index is 672. The minimum Gasteiger partial charge on any atom is -0.383 e. The monoisotopic (exact) mass is 431 g/mol. The number of nitrogens with one attached hydrogen (secondary N) is 2. The van der Waals surface area contributed by atoms with Gasteiger partial charge in [0.2, 0.25) is 0 Å². The zero-order valence-corrected chi connectivity index (χ0v) is 15.5. The Hall–Kier alpha value is -0.900. The van der Waals surface area contributed by atoms with E-state index in [9.17, 15) is 0 Å². The Morgan fingerprint density at radius 3 is 3.00 bits per heavy atom. The van der Waals surface area contributed by atoms with Gasteiger partial charge in [0.05, 0.1) is 10.7 Å². The maximum absolute atomic E-state index is 6.18. The highest BCUT2D eigenvalue weighted by atomic mass is 79.9. The van der Waals surface area contributed by atoms with Crippen molar-refractivity contribution in [3.63, 3.8) is 0 Å². The number of nitrogens with two attached hydrogens (primary N) is 1. The Balaban J connectivity index is 1.82. The molecule has 9 heteroatoms. The van der Waals surface area contributed by atoms with Crippen LogP contribution in [0.15, 0.2) is 15.1 Å². The van der Waals surface area contributed by atoms with Crippen molar-refractivity contribution < 1.29 is 0 Å². The summed E-state index contributed by atoms with van der Waals surface area (Å²) in [7, 11) is 1.96. The second-order valence-corrected chi connectivity index (χ2v) is 7.00. The van der Waals surface area contributed by atoms with E-state index >= 15 is 0 Å². The lowest BCUT2D eigenvalue weighted by Crippen LogP contribution is -2.36. The molecular formula is C13H19Br2N7. The van der Waals surface area contributed by atoms with Gasteiger partial charge in [0.1, 0.15) is 16.1 Å². The lowest BCUT2D eigenvalue weighted by molar-refractivity contribution is 0.543. The molecule has 0 saturated carbocycles. The number of hydrogen-bond acceptors (Lipinski definition) is 6. The SMILES string of the molecule is CNCCN[C@H]1CCN(c2nc3c(Br)cnn3c(N)c2Br)C1. The van der Waals surface area contributed by atoms with Gasteiger partial charge in [0, 0.05) is 32.2 Å². The summed E-state index contributed by atoms with van der Waals surface area (Å²) in [6.45, 7) is 3.83. The van der Waals surface area contributed by atoms with E-state index in [1.54, 1.807) is 10.7 Å². The predicted octanol–water partition coefficient (Wildman–Crippen LogP) is 1.22. The molecular weight excluding hydrogens is 414 g/mol. The average molecular weight is 433 g/mol. The summed E-state index contributed by atoms with van der Waals surface area (Å²) >= 11 is 7.04. The number of hydrogen-bond donors (Lipinski definition) is 3. The molecule has 120 valence electrons. The van der Waals surface area contributed by atoms with Gasteiger partial charge >= 0.3 is 0 Å². The summed E-state index contributed by atoms with van der Waals surface area (Å²) in [5.74, 6) is 1.45. The fourth-order valence-corrected chi connectivity index (χ4v) is 3.54. The minimum absolute atomic E-state index is 0.479. The Labute approximate surface area is 145 Å². The average Bonchev–Trinajstić information content (AvgIpc) is 3.11. The van der Waals surface area contributed by atoms with Crippen LogP contribution in [0, 0.1) is 0 Å². The maximum Gasteiger partial charge on any atom is 0.173 e. The molecule has 1 fully saturated rings. The van der Waals surface area contributed by atoms with Crippen molar-refractivity contribution in [2.75, 3.05) is 43.9 Å². The first-order chi connectivity index (χ1) is 10.6. The van der Waals surface area contributed by atoms with Gasteiger partial charge in [-0.15, -0.1) is 0 Å². The number of nitrogen functional groups attached to an aromatic ring is 1. The zero-order valence-electron chi connectivity index (χ0n) is 12.3. The van der Waals surface area contributed by atoms with Crippen LogP contribution in [-0.2, 0) is 0 Å². The lowest BCUT2D eigenvalue weighted by atomic mass is 10.2. The van der Waals surface area contributed by atoms with Crippen LogP contribution < -0.4 is 21.3 Å². The second kappa shape index (κ2) is 6.69. The molecule has 0 aromatic carbocycles. The van der Waals surface area contributed by atoms with E-state index in [4.69, 9.17) is 10.7 Å². The van der Waals surface area contributed by atoms with E-state index in [2.05, 4.69) is 52.5 Å². The van der Waals surface area contributed by atoms with Gasteiger partial charge < -0.3 is 21.3 Å². The molecule has 0 amide bonds. The Morgan fingerprint density at radius 1 is 1.41 bits per heavy atom. The molecule has 22 heavy (non-hydrogen) atoms. The number of aromatic nitrogens is 3. The summed E-state index contributed by atoms with van der Waals surface area (Å²) in [4.78, 5) is 6.98. The van der Waals surface area contributed by atoms with Gasteiger partial charge in [0.25, 0.3) is 0 Å². The molecule has 0 spiro atoms. The molecule has 1 atom stereocenters. The first-order valence-electron chi connectivity index (χ1n) is 7.23. The standard InChI is InChI=1S/C13H19Br2N7/c1-17-3-4-18-8-2-5-21(7-8)13-10(15)11(16)22-12(20-13)9(14)6-19-22/h6,8,17-18H,2-5,7,16H2,1H3/t8-/m0/s1. The predicted molar refractivity (Wildman–Crippen MR) is 95.3 cm³/mol. The summed E-state index contributed by atoms with van der Waals surface area (Å²) in [6, 6.07) is 0.479. The van der Waals surface area contributed by atoms with Gasteiger partial charge in [-0.05, 0) is 45.3 Å². The van der Waals surface area contributed by atoms with E-state index in [0.29, 0.717) is 11.9 Å². The highest BCUT2D eigenvalue weighted by Gasteiger charge is 2.26. The minimum atomic E-state index is 0.479. The summed E-state index contributed by atoms with van der Waals surface area (Å²) in [5, 5.41) is 10.9. The number of nitrogens with zero attached hydrogens (tertiary/aromatic N) is 4. The van der Waals surface area contributed by atoms with Crippen LogP contribution in [0.25, 0.3) is 5.65 Å². The van der Waals surface area contributed by atoms with Crippen molar-refractivity contribution in [2.24, 2.45) is 0 Å². The van der Waals surface area contributed by atoms with Crippen molar-refractivity contribution in [3.05, 3.63) is 15.1 Å². The van der Waals surface area contributed by atoms with E-state index < -0.39 is 0 Å². The topological polar surface area (TPSA) is 83.5 Å². The molecule has 1 aliphatic rings. The third kappa shape index (κ3) is 2.94. The van der Waals surface area contributed by atoms with Crippen LogP contribution in [0.5, 0.6) is 0 Å². The maximum atomic E-state index is 6.18. The van der Waals surface area contributed by atoms with E-state index in [1.807, 2.05) is 7.05 Å². The van der Waals surface area contributed by atoms with Gasteiger partial charge in [0.15, 0.2) is 5.65 Å². The number of halogens is 2. The second-order valence-electron chi connectivity index (χ2n) is 5.35. The van der Waals surface area contributed by atoms with Crippen LogP contribution in [0.2, 0.25) is 0 Å². The number of anilines is 2. The summed E-state index contributed by atoms with van der Waals surface area (Å²) in [6.07, 6.45) is 2.81. The van der Waals surface area contributed by atoms with Gasteiger partial charge in [-0.3, -0.25) is 0 Å². The van der Waals surface area contributed by atoms with Crippen LogP contribution >= 0.6 is 31.9 Å². The quantitative estimate of drug-likeness (QED) is 0.616. The molecule has 1 aliphatic heterocycles. The number of rotatable bonds is 5. The van der Waals surface area contributed by atoms with E-state index in [-0.39, 0.29) is 0 Å². The smallest absolute Gasteiger partial charge is 0.173 e. The molecule has 0 aliphatic carbocycles. The summed E-state index contributed by atoms with van der Waals surface area (Å²) in [5.41, 5.74) is 6.91. The van der Waals surface area contributed by atoms with Gasteiger partial charge in [-0.25, -0.2) is 4.98 Å². The van der Waals surface area contributed by atoms with Crippen molar-refractivity contribution >= 4 is 49.1 Å². The Kier molecular flexibility index (Phi) is 4.86. The molecule has 3 rings (SSSR count). The van der Waals surface area contributed by atoms with E-state index in [0.717, 1.165) is 53.0 Å². The first-order valence-corrected chi connectivity index (χ1v) is 8.81. The van der Waals surface area contributed by atoms with Crippen molar-refractivity contribution in [1.82, 2.24) is 25.2 Å². The van der Waals surface area contributed by atoms with Crippen LogP contribution in [-0.4, -0.2) is 53.9 Å². The number of likely N-dealkylation sites (N-methyl/N-ethyl adjacent to an activating group) is 1. The largest absolute Gasteiger partial charge is 0.383 e. The van der Waals surface area contributed by atoms with Gasteiger partial charge in [-0.2, -0.15) is 9.61 Å². The fraction of sp³-hybridized carbons (Fsp3) is 0.538. The molecule has 0 unspecified atom stereocenters. The van der Waals surface area contributed by atoms with Crippen LogP contribution in [0.3, 0.4) is 0 Å². The first kappa shape index (κ1) is 16.0. The van der Waals surface area contributed by atoms with Crippen LogP contribution in [0.4, 0.5) is 11.6 Å². The summed E-state index contributed by atoms with van der Waals surface area (Å²) < 4.78 is 3.28. The molecule has 1 saturated heterocycles. The third-order valence-electron chi connectivity index (χ3n) is 3.86. The number of fused-ring (bicyclic) bond motifs is 1. The molecule has 2 aromatic rings. The van der Waals surface area contributed by atoms with Crippen LogP contribution in [0.1, 0.15) is 6.42 Å².